The Morgan fingerprint density at radius 3 is 1.80 bits per heavy atom. The maximum absolute atomic E-state index is 12.5. The molecular formula is C28H33ClN10O7. The standard InChI is InChI=1S/C14H15N5O3.C10H12N2O2.C4H5N3O2.ClH/c1-8-15-12(18-17-8)13(20)16-9-7-22-11-6-4-3-5-10(11)19(2)14(9)21;1-12-8-4-2-3-5-9(8)14-6-7(11)10(12)13;1-2-5-3(4(8)9)7-6-2;/h3-6,9H,7H2,1-2H3,(H,16,20)(H,15,17,18);2-5,7H,6,11H2,1H3;1H3,(H,8,9)(H,5,6,7);1H/t9-;7-;;/m00../s1. The third-order valence-corrected chi connectivity index (χ3v) is 6.45. The van der Waals surface area contributed by atoms with E-state index in [2.05, 4.69) is 35.7 Å². The SMILES string of the molecule is CN1C(=O)[C@@H](N)COc2ccccc21.Cc1nc(C(=O)N[C@H]2COc3ccccc3N(C)C2=O)n[nH]1.Cc1nc(C(=O)O)n[nH]1.Cl. The van der Waals surface area contributed by atoms with Gasteiger partial charge in [-0.3, -0.25) is 24.6 Å². The highest BCUT2D eigenvalue weighted by atomic mass is 35.5. The molecular weight excluding hydrogens is 624 g/mol. The van der Waals surface area contributed by atoms with Crippen molar-refractivity contribution >= 4 is 47.5 Å². The number of rotatable bonds is 3. The van der Waals surface area contributed by atoms with Crippen LogP contribution in [0.4, 0.5) is 11.4 Å². The molecule has 6 rings (SSSR count). The summed E-state index contributed by atoms with van der Waals surface area (Å²) in [5.74, 6) is 0.137. The molecule has 0 bridgehead atoms. The van der Waals surface area contributed by atoms with Gasteiger partial charge in [0.25, 0.3) is 17.6 Å². The fourth-order valence-electron chi connectivity index (χ4n) is 4.14. The number of anilines is 2. The minimum absolute atomic E-state index is 0. The van der Waals surface area contributed by atoms with E-state index in [9.17, 15) is 19.2 Å². The van der Waals surface area contributed by atoms with E-state index in [1.165, 1.54) is 9.80 Å². The number of likely N-dealkylation sites (N-methyl/N-ethyl adjacent to an activating group) is 2. The minimum Gasteiger partial charge on any atom is -0.489 e. The number of nitrogens with two attached hydrogens (primary N) is 1. The number of para-hydroxylation sites is 4. The Morgan fingerprint density at radius 1 is 0.848 bits per heavy atom. The van der Waals surface area contributed by atoms with E-state index in [1.54, 1.807) is 40.1 Å². The molecule has 0 unspecified atom stereocenters. The average Bonchev–Trinajstić information content (AvgIpc) is 3.64. The summed E-state index contributed by atoms with van der Waals surface area (Å²) in [5.41, 5.74) is 7.07. The number of carbonyl (C=O) groups excluding carboxylic acids is 3. The first-order valence-electron chi connectivity index (χ1n) is 13.5. The molecule has 4 heterocycles. The zero-order chi connectivity index (χ0) is 32.7. The Hall–Kier alpha value is -5.55. The predicted molar refractivity (Wildman–Crippen MR) is 166 cm³/mol. The van der Waals surface area contributed by atoms with Crippen molar-refractivity contribution in [1.29, 1.82) is 0 Å². The number of fused-ring (bicyclic) bond motifs is 2. The van der Waals surface area contributed by atoms with E-state index in [4.69, 9.17) is 20.3 Å². The number of benzene rings is 2. The van der Waals surface area contributed by atoms with E-state index in [1.807, 2.05) is 36.4 Å². The third kappa shape index (κ3) is 8.33. The molecule has 0 saturated heterocycles. The van der Waals surface area contributed by atoms with Gasteiger partial charge in [0.05, 0.1) is 11.4 Å². The Labute approximate surface area is 268 Å². The van der Waals surface area contributed by atoms with Gasteiger partial charge < -0.3 is 35.4 Å². The molecule has 0 spiro atoms. The number of carboxylic acid groups (broad SMARTS) is 1. The number of nitrogens with zero attached hydrogens (tertiary/aromatic N) is 6. The lowest BCUT2D eigenvalue weighted by atomic mass is 10.2. The van der Waals surface area contributed by atoms with Crippen LogP contribution in [0, 0.1) is 13.8 Å². The van der Waals surface area contributed by atoms with Gasteiger partial charge in [-0.15, -0.1) is 22.6 Å². The number of ether oxygens (including phenoxy) is 2. The molecule has 2 aromatic carbocycles. The number of hydrogen-bond donors (Lipinski definition) is 5. The second kappa shape index (κ2) is 15.4. The van der Waals surface area contributed by atoms with Crippen LogP contribution in [0.1, 0.15) is 32.9 Å². The second-order valence-corrected chi connectivity index (χ2v) is 9.78. The van der Waals surface area contributed by atoms with Gasteiger partial charge in [0.15, 0.2) is 0 Å². The number of halogens is 1. The third-order valence-electron chi connectivity index (χ3n) is 6.45. The summed E-state index contributed by atoms with van der Waals surface area (Å²) >= 11 is 0. The lowest BCUT2D eigenvalue weighted by Gasteiger charge is -2.19. The van der Waals surface area contributed by atoms with Gasteiger partial charge in [0, 0.05) is 14.1 Å². The van der Waals surface area contributed by atoms with Gasteiger partial charge in [-0.05, 0) is 38.1 Å². The highest BCUT2D eigenvalue weighted by Gasteiger charge is 2.31. The van der Waals surface area contributed by atoms with Crippen molar-refractivity contribution in [2.45, 2.75) is 25.9 Å². The Bertz CT molecular complexity index is 1690. The molecule has 3 amide bonds. The number of carboxylic acids is 1. The molecule has 2 aromatic heterocycles. The number of aryl methyl sites for hydroxylation is 2. The van der Waals surface area contributed by atoms with E-state index in [0.29, 0.717) is 28.8 Å². The van der Waals surface area contributed by atoms with E-state index in [-0.39, 0.29) is 49.1 Å². The second-order valence-electron chi connectivity index (χ2n) is 9.78. The molecule has 0 saturated carbocycles. The van der Waals surface area contributed by atoms with Crippen LogP contribution in [0.3, 0.4) is 0 Å². The van der Waals surface area contributed by atoms with E-state index < -0.39 is 24.0 Å². The lowest BCUT2D eigenvalue weighted by molar-refractivity contribution is -0.120. The quantitative estimate of drug-likeness (QED) is 0.207. The summed E-state index contributed by atoms with van der Waals surface area (Å²) in [4.78, 5) is 56.7. The number of hydrogen-bond acceptors (Lipinski definition) is 11. The molecule has 0 aliphatic carbocycles. The van der Waals surface area contributed by atoms with Crippen molar-refractivity contribution < 1.29 is 33.8 Å². The molecule has 2 aliphatic heterocycles. The van der Waals surface area contributed by atoms with Crippen molar-refractivity contribution in [3.63, 3.8) is 0 Å². The number of nitrogens with one attached hydrogen (secondary N) is 3. The van der Waals surface area contributed by atoms with Gasteiger partial charge in [0.1, 0.15) is 48.4 Å². The fraction of sp³-hybridized carbons (Fsp3) is 0.286. The topological polar surface area (TPSA) is 235 Å². The van der Waals surface area contributed by atoms with Crippen molar-refractivity contribution in [3.05, 3.63) is 71.8 Å². The highest BCUT2D eigenvalue weighted by Crippen LogP contribution is 2.30. The van der Waals surface area contributed by atoms with Gasteiger partial charge in [0.2, 0.25) is 11.7 Å². The maximum Gasteiger partial charge on any atom is 0.375 e. The molecule has 0 fully saturated rings. The van der Waals surface area contributed by atoms with Crippen LogP contribution in [0.2, 0.25) is 0 Å². The van der Waals surface area contributed by atoms with Crippen LogP contribution >= 0.6 is 12.4 Å². The highest BCUT2D eigenvalue weighted by molar-refractivity contribution is 6.02. The van der Waals surface area contributed by atoms with Crippen LogP contribution in [0.15, 0.2) is 48.5 Å². The van der Waals surface area contributed by atoms with Crippen LogP contribution in [-0.4, -0.2) is 98.6 Å². The molecule has 2 atom stereocenters. The molecule has 17 nitrogen and oxygen atoms in total. The van der Waals surface area contributed by atoms with Crippen molar-refractivity contribution in [3.8, 4) is 11.5 Å². The van der Waals surface area contributed by atoms with Crippen LogP contribution in [-0.2, 0) is 9.59 Å². The lowest BCUT2D eigenvalue weighted by Crippen LogP contribution is -2.49. The van der Waals surface area contributed by atoms with Gasteiger partial charge in [-0.2, -0.15) is 0 Å². The molecule has 4 aromatic rings. The van der Waals surface area contributed by atoms with E-state index >= 15 is 0 Å². The molecule has 6 N–H and O–H groups in total. The Morgan fingerprint density at radius 2 is 1.33 bits per heavy atom. The van der Waals surface area contributed by atoms with Crippen molar-refractivity contribution in [2.24, 2.45) is 5.73 Å². The number of aromatic nitrogens is 6. The molecule has 0 radical (unpaired) electrons. The predicted octanol–water partition coefficient (Wildman–Crippen LogP) is 0.869. The average molecular weight is 657 g/mol. The number of carbonyl (C=O) groups is 4. The number of amides is 3. The summed E-state index contributed by atoms with van der Waals surface area (Å²) < 4.78 is 11.0. The zero-order valence-corrected chi connectivity index (χ0v) is 26.1. The van der Waals surface area contributed by atoms with Gasteiger partial charge in [-0.1, -0.05) is 24.3 Å². The monoisotopic (exact) mass is 656 g/mol. The summed E-state index contributed by atoms with van der Waals surface area (Å²) in [6.45, 7) is 3.61. The van der Waals surface area contributed by atoms with Gasteiger partial charge >= 0.3 is 5.97 Å². The molecule has 46 heavy (non-hydrogen) atoms. The first-order chi connectivity index (χ1) is 21.5. The summed E-state index contributed by atoms with van der Waals surface area (Å²) in [6, 6.07) is 13.2. The number of aromatic carboxylic acids is 1. The number of H-pyrrole nitrogens is 2. The van der Waals surface area contributed by atoms with Crippen molar-refractivity contribution in [2.75, 3.05) is 37.1 Å². The number of aromatic amines is 2. The van der Waals surface area contributed by atoms with Crippen LogP contribution < -0.4 is 30.3 Å². The minimum atomic E-state index is -1.11. The fourth-order valence-corrected chi connectivity index (χ4v) is 4.14. The normalized spacial score (nSPS) is 16.6. The smallest absolute Gasteiger partial charge is 0.375 e. The van der Waals surface area contributed by atoms with Gasteiger partial charge in [-0.25, -0.2) is 14.8 Å². The Kier molecular flexibility index (Phi) is 11.7. The zero-order valence-electron chi connectivity index (χ0n) is 25.3. The molecule has 2 aliphatic rings. The van der Waals surface area contributed by atoms with Crippen LogP contribution in [0.5, 0.6) is 11.5 Å². The summed E-state index contributed by atoms with van der Waals surface area (Å²) in [6.07, 6.45) is 0. The van der Waals surface area contributed by atoms with Crippen LogP contribution in [0.25, 0.3) is 0 Å². The largest absolute Gasteiger partial charge is 0.489 e. The van der Waals surface area contributed by atoms with E-state index in [0.717, 1.165) is 5.69 Å². The van der Waals surface area contributed by atoms with Crippen molar-refractivity contribution in [1.82, 2.24) is 35.7 Å². The summed E-state index contributed by atoms with van der Waals surface area (Å²) in [5, 5.41) is 23.0. The molecule has 244 valence electrons. The maximum atomic E-state index is 12.5. The first-order valence-corrected chi connectivity index (χ1v) is 13.5. The molecule has 18 heteroatoms. The Balaban J connectivity index is 0.000000205. The first kappa shape index (κ1) is 34.9. The summed E-state index contributed by atoms with van der Waals surface area (Å²) in [7, 11) is 3.35.